The molecule has 0 radical (unpaired) electrons. The third kappa shape index (κ3) is 5.27. The van der Waals surface area contributed by atoms with E-state index in [0.717, 1.165) is 73.4 Å². The minimum absolute atomic E-state index is 0.127. The zero-order valence-corrected chi connectivity index (χ0v) is 22.1. The van der Waals surface area contributed by atoms with Crippen LogP contribution in [-0.2, 0) is 4.74 Å². The number of piperazine rings is 1. The van der Waals surface area contributed by atoms with Gasteiger partial charge in [-0.05, 0) is 49.6 Å². The molecule has 2 fully saturated rings. The molecule has 8 nitrogen and oxygen atoms in total. The second kappa shape index (κ2) is 10.7. The first-order valence-corrected chi connectivity index (χ1v) is 13.3. The van der Waals surface area contributed by atoms with Gasteiger partial charge in [0, 0.05) is 66.6 Å². The molecular weight excluding hydrogens is 532 g/mol. The number of carbonyl (C=O) groups is 1. The Morgan fingerprint density at radius 3 is 2.63 bits per heavy atom. The molecule has 0 bridgehead atoms. The molecule has 35 heavy (non-hydrogen) atoms. The number of hydrogen-bond donors (Lipinski definition) is 1. The molecule has 1 aromatic heterocycles. The quantitative estimate of drug-likeness (QED) is 0.588. The van der Waals surface area contributed by atoms with Crippen LogP contribution in [0.1, 0.15) is 48.3 Å². The summed E-state index contributed by atoms with van der Waals surface area (Å²) in [7, 11) is 0. The van der Waals surface area contributed by atoms with Gasteiger partial charge in [-0.1, -0.05) is 34.5 Å². The van der Waals surface area contributed by atoms with Gasteiger partial charge in [-0.2, -0.15) is 0 Å². The fourth-order valence-corrected chi connectivity index (χ4v) is 5.83. The highest BCUT2D eigenvalue weighted by atomic mass is 79.9. The van der Waals surface area contributed by atoms with Gasteiger partial charge in [0.1, 0.15) is 5.82 Å². The van der Waals surface area contributed by atoms with Gasteiger partial charge < -0.3 is 14.5 Å². The number of aromatic nitrogens is 1. The lowest BCUT2D eigenvalue weighted by Gasteiger charge is -2.47. The number of amides is 1. The molecule has 1 unspecified atom stereocenters. The molecule has 3 aliphatic heterocycles. The third-order valence-corrected chi connectivity index (χ3v) is 8.00. The summed E-state index contributed by atoms with van der Waals surface area (Å²) in [4.78, 5) is 24.5. The van der Waals surface area contributed by atoms with E-state index in [1.807, 2.05) is 35.2 Å². The fraction of sp³-hybridized carbons (Fsp3) is 0.480. The molecule has 1 amide bonds. The van der Waals surface area contributed by atoms with Crippen LogP contribution in [0.4, 0.5) is 5.82 Å². The maximum atomic E-state index is 12.9. The Kier molecular flexibility index (Phi) is 7.45. The van der Waals surface area contributed by atoms with Crippen molar-refractivity contribution in [2.75, 3.05) is 37.6 Å². The Morgan fingerprint density at radius 1 is 1.20 bits per heavy atom. The summed E-state index contributed by atoms with van der Waals surface area (Å²) in [5.41, 5.74) is 4.49. The largest absolute Gasteiger partial charge is 0.453 e. The van der Waals surface area contributed by atoms with Crippen LogP contribution in [0, 0.1) is 0 Å². The van der Waals surface area contributed by atoms with Crippen molar-refractivity contribution in [3.8, 4) is 0 Å². The second-order valence-electron chi connectivity index (χ2n) is 9.23. The molecular formula is C25H30BrClN6O2. The number of carbonyl (C=O) groups excluding carboxylic acids is 1. The number of nitrogens with one attached hydrogen (secondary N) is 1. The molecule has 2 aromatic rings. The van der Waals surface area contributed by atoms with Crippen LogP contribution in [0.3, 0.4) is 0 Å². The third-order valence-electron chi connectivity index (χ3n) is 7.20. The van der Waals surface area contributed by atoms with E-state index in [0.29, 0.717) is 17.1 Å². The van der Waals surface area contributed by atoms with Gasteiger partial charge in [-0.15, -0.1) is 5.10 Å². The predicted molar refractivity (Wildman–Crippen MR) is 141 cm³/mol. The monoisotopic (exact) mass is 560 g/mol. The molecule has 2 atom stereocenters. The van der Waals surface area contributed by atoms with Crippen molar-refractivity contribution in [2.45, 2.75) is 44.5 Å². The normalized spacial score (nSPS) is 23.3. The topological polar surface area (TPSA) is 73.3 Å². The number of pyridine rings is 1. The van der Waals surface area contributed by atoms with E-state index >= 15 is 0 Å². The van der Waals surface area contributed by atoms with Gasteiger partial charge in [0.05, 0.1) is 5.02 Å². The number of rotatable bonds is 5. The number of hydrazone groups is 1. The van der Waals surface area contributed by atoms with Gasteiger partial charge in [0.2, 0.25) is 6.23 Å². The number of likely N-dealkylation sites (tertiary alicyclic amines) is 1. The van der Waals surface area contributed by atoms with Crippen molar-refractivity contribution in [3.63, 3.8) is 0 Å². The minimum atomic E-state index is -0.337. The summed E-state index contributed by atoms with van der Waals surface area (Å²) in [5.74, 6) is 0.948. The molecule has 3 aliphatic rings. The van der Waals surface area contributed by atoms with Gasteiger partial charge in [-0.25, -0.2) is 4.98 Å². The lowest BCUT2D eigenvalue weighted by Crippen LogP contribution is -2.58. The summed E-state index contributed by atoms with van der Waals surface area (Å²) in [6.07, 6.45) is 5.92. The molecule has 0 spiro atoms. The average Bonchev–Trinajstić information content (AvgIpc) is 3.44. The van der Waals surface area contributed by atoms with E-state index < -0.39 is 0 Å². The van der Waals surface area contributed by atoms with Crippen LogP contribution in [0.15, 0.2) is 46.1 Å². The maximum Gasteiger partial charge on any atom is 0.253 e. The van der Waals surface area contributed by atoms with Crippen LogP contribution in [0.25, 0.3) is 0 Å². The molecule has 0 saturated carbocycles. The van der Waals surface area contributed by atoms with Crippen molar-refractivity contribution >= 4 is 45.7 Å². The summed E-state index contributed by atoms with van der Waals surface area (Å²) in [6, 6.07) is 10.5. The Labute approximate surface area is 219 Å². The van der Waals surface area contributed by atoms with Gasteiger partial charge in [0.25, 0.3) is 5.91 Å². The van der Waals surface area contributed by atoms with Gasteiger partial charge >= 0.3 is 0 Å². The SMILES string of the molecule is CC[C@H]1CN(c2ncc(C3NN=CO3)cc2Cl)CCN1C1CCN(C(=O)c2ccc(Br)cc2)CC1. The van der Waals surface area contributed by atoms with Crippen LogP contribution < -0.4 is 10.3 Å². The molecule has 1 N–H and O–H groups in total. The Bertz CT molecular complexity index is 1070. The lowest BCUT2D eigenvalue weighted by atomic mass is 9.97. The molecule has 5 rings (SSSR count). The molecule has 186 valence electrons. The van der Waals surface area contributed by atoms with Crippen molar-refractivity contribution in [1.29, 1.82) is 0 Å². The number of halogens is 2. The summed E-state index contributed by atoms with van der Waals surface area (Å²) in [5, 5.41) is 4.51. The zero-order chi connectivity index (χ0) is 24.4. The second-order valence-corrected chi connectivity index (χ2v) is 10.6. The number of anilines is 1. The maximum absolute atomic E-state index is 12.9. The van der Waals surface area contributed by atoms with Crippen molar-refractivity contribution in [1.82, 2.24) is 20.2 Å². The Hall–Kier alpha value is -2.36. The van der Waals surface area contributed by atoms with E-state index in [-0.39, 0.29) is 12.1 Å². The number of piperidine rings is 1. The number of ether oxygens (including phenoxy) is 1. The predicted octanol–water partition coefficient (Wildman–Crippen LogP) is 4.26. The van der Waals surface area contributed by atoms with Crippen molar-refractivity contribution in [3.05, 3.63) is 57.2 Å². The number of hydrogen-bond acceptors (Lipinski definition) is 7. The van der Waals surface area contributed by atoms with Crippen LogP contribution in [0.5, 0.6) is 0 Å². The van der Waals surface area contributed by atoms with Crippen LogP contribution >= 0.6 is 27.5 Å². The molecule has 4 heterocycles. The van der Waals surface area contributed by atoms with Crippen molar-refractivity contribution < 1.29 is 9.53 Å². The lowest BCUT2D eigenvalue weighted by molar-refractivity contribution is 0.0491. The highest BCUT2D eigenvalue weighted by Crippen LogP contribution is 2.31. The number of nitrogens with zero attached hydrogens (tertiary/aromatic N) is 5. The smallest absolute Gasteiger partial charge is 0.253 e. The molecule has 10 heteroatoms. The van der Waals surface area contributed by atoms with E-state index in [1.54, 1.807) is 6.20 Å². The summed E-state index contributed by atoms with van der Waals surface area (Å²) in [6.45, 7) is 6.57. The van der Waals surface area contributed by atoms with E-state index in [1.165, 1.54) is 6.40 Å². The summed E-state index contributed by atoms with van der Waals surface area (Å²) >= 11 is 10.1. The van der Waals surface area contributed by atoms with Crippen LogP contribution in [-0.4, -0.2) is 71.9 Å². The zero-order valence-electron chi connectivity index (χ0n) is 19.7. The van der Waals surface area contributed by atoms with Crippen molar-refractivity contribution in [2.24, 2.45) is 5.10 Å². The van der Waals surface area contributed by atoms with Gasteiger partial charge in [-0.3, -0.25) is 15.1 Å². The molecule has 1 aromatic carbocycles. The number of benzene rings is 1. The van der Waals surface area contributed by atoms with Gasteiger partial charge in [0.15, 0.2) is 6.40 Å². The fourth-order valence-electron chi connectivity index (χ4n) is 5.28. The standard InChI is InChI=1S/C25H30BrClN6O2/c1-2-20-15-32(23-22(27)13-18(14-28-23)24-30-29-16-35-24)11-12-33(20)21-7-9-31(10-8-21)25(34)17-3-5-19(26)6-4-17/h3-6,13-14,16,20-21,24,30H,2,7-12,15H2,1H3/t20-,24?/m0/s1. The molecule has 0 aliphatic carbocycles. The first kappa shape index (κ1) is 24.3. The Morgan fingerprint density at radius 2 is 1.97 bits per heavy atom. The highest BCUT2D eigenvalue weighted by Gasteiger charge is 2.35. The minimum Gasteiger partial charge on any atom is -0.453 e. The first-order valence-electron chi connectivity index (χ1n) is 12.2. The van der Waals surface area contributed by atoms with Crippen LogP contribution in [0.2, 0.25) is 5.02 Å². The average molecular weight is 562 g/mol. The van der Waals surface area contributed by atoms with E-state index in [9.17, 15) is 4.79 Å². The van der Waals surface area contributed by atoms with E-state index in [2.05, 4.69) is 48.2 Å². The Balaban J connectivity index is 1.18. The highest BCUT2D eigenvalue weighted by molar-refractivity contribution is 9.10. The van der Waals surface area contributed by atoms with E-state index in [4.69, 9.17) is 16.3 Å². The molecule has 2 saturated heterocycles. The summed E-state index contributed by atoms with van der Waals surface area (Å²) < 4.78 is 6.38. The first-order chi connectivity index (χ1) is 17.0.